The van der Waals surface area contributed by atoms with Gasteiger partial charge in [0.25, 0.3) is 0 Å². The number of rotatable bonds is 5. The minimum absolute atomic E-state index is 0.242. The monoisotopic (exact) mass is 212 g/mol. The molecule has 2 rings (SSSR count). The first-order valence-corrected chi connectivity index (χ1v) is 5.59. The van der Waals surface area contributed by atoms with Crippen molar-refractivity contribution in [1.29, 1.82) is 0 Å². The quantitative estimate of drug-likeness (QED) is 0.599. The van der Waals surface area contributed by atoms with E-state index in [1.54, 1.807) is 6.07 Å². The Bertz CT molecular complexity index is 333. The molecule has 76 valence electrons. The van der Waals surface area contributed by atoms with Gasteiger partial charge in [0.15, 0.2) is 0 Å². The number of nitrogens with one attached hydrogen (secondary N) is 1. The van der Waals surface area contributed by atoms with E-state index < -0.39 is 0 Å². The van der Waals surface area contributed by atoms with Gasteiger partial charge in [-0.3, -0.25) is 10.1 Å². The summed E-state index contributed by atoms with van der Waals surface area (Å²) in [6.45, 7) is 0.929. The van der Waals surface area contributed by atoms with Gasteiger partial charge in [0, 0.05) is 17.5 Å². The van der Waals surface area contributed by atoms with Gasteiger partial charge >= 0.3 is 5.00 Å². The zero-order valence-corrected chi connectivity index (χ0v) is 8.55. The van der Waals surface area contributed by atoms with Gasteiger partial charge in [-0.2, -0.15) is 0 Å². The highest BCUT2D eigenvalue weighted by atomic mass is 32.1. The Morgan fingerprint density at radius 3 is 3.00 bits per heavy atom. The zero-order valence-electron chi connectivity index (χ0n) is 7.73. The van der Waals surface area contributed by atoms with Crippen molar-refractivity contribution in [3.05, 3.63) is 27.1 Å². The standard InChI is InChI=1S/C9H12N2O2S/c12-11(13)9-5-7(6-14-9)3-4-10-8-1-2-8/h5-6,8,10H,1-4H2. The number of hydrogen-bond acceptors (Lipinski definition) is 4. The molecule has 1 saturated carbocycles. The van der Waals surface area contributed by atoms with E-state index in [1.807, 2.05) is 5.38 Å². The van der Waals surface area contributed by atoms with Crippen molar-refractivity contribution in [3.8, 4) is 0 Å². The summed E-state index contributed by atoms with van der Waals surface area (Å²) in [4.78, 5) is 10.1. The van der Waals surface area contributed by atoms with Crippen molar-refractivity contribution in [2.24, 2.45) is 0 Å². The third-order valence-electron chi connectivity index (χ3n) is 2.24. The normalized spacial score (nSPS) is 15.7. The van der Waals surface area contributed by atoms with Crippen LogP contribution in [-0.2, 0) is 6.42 Å². The number of hydrogen-bond donors (Lipinski definition) is 1. The van der Waals surface area contributed by atoms with Crippen molar-refractivity contribution < 1.29 is 4.92 Å². The number of nitro groups is 1. The molecule has 0 radical (unpaired) electrons. The molecule has 0 bridgehead atoms. The second-order valence-electron chi connectivity index (χ2n) is 3.53. The SMILES string of the molecule is O=[N+]([O-])c1cc(CCNC2CC2)cs1. The van der Waals surface area contributed by atoms with Crippen molar-refractivity contribution >= 4 is 16.3 Å². The van der Waals surface area contributed by atoms with Crippen LogP contribution in [-0.4, -0.2) is 17.5 Å². The molecule has 1 aliphatic carbocycles. The summed E-state index contributed by atoms with van der Waals surface area (Å²) >= 11 is 1.21. The van der Waals surface area contributed by atoms with Crippen LogP contribution in [0.4, 0.5) is 5.00 Å². The lowest BCUT2D eigenvalue weighted by Gasteiger charge is -1.98. The first kappa shape index (κ1) is 9.61. The molecule has 1 N–H and O–H groups in total. The van der Waals surface area contributed by atoms with Crippen LogP contribution < -0.4 is 5.32 Å². The molecular weight excluding hydrogens is 200 g/mol. The maximum Gasteiger partial charge on any atom is 0.324 e. The van der Waals surface area contributed by atoms with Crippen LogP contribution in [0.3, 0.4) is 0 Å². The summed E-state index contributed by atoms with van der Waals surface area (Å²) in [7, 11) is 0. The molecule has 1 aromatic rings. The molecule has 0 unspecified atom stereocenters. The second-order valence-corrected chi connectivity index (χ2v) is 4.42. The van der Waals surface area contributed by atoms with E-state index in [0.717, 1.165) is 18.5 Å². The van der Waals surface area contributed by atoms with E-state index in [1.165, 1.54) is 24.2 Å². The molecule has 4 nitrogen and oxygen atoms in total. The molecule has 0 saturated heterocycles. The Labute approximate surface area is 86.1 Å². The number of thiophene rings is 1. The summed E-state index contributed by atoms with van der Waals surface area (Å²) < 4.78 is 0. The van der Waals surface area contributed by atoms with Gasteiger partial charge in [0.05, 0.1) is 4.92 Å². The first-order valence-electron chi connectivity index (χ1n) is 4.71. The lowest BCUT2D eigenvalue weighted by atomic mass is 10.2. The molecule has 0 amide bonds. The van der Waals surface area contributed by atoms with Crippen LogP contribution >= 0.6 is 11.3 Å². The topological polar surface area (TPSA) is 55.2 Å². The summed E-state index contributed by atoms with van der Waals surface area (Å²) in [5.41, 5.74) is 1.06. The van der Waals surface area contributed by atoms with Crippen LogP contribution in [0.2, 0.25) is 0 Å². The molecule has 14 heavy (non-hydrogen) atoms. The highest BCUT2D eigenvalue weighted by Gasteiger charge is 2.19. The van der Waals surface area contributed by atoms with Gasteiger partial charge in [-0.1, -0.05) is 11.3 Å². The van der Waals surface area contributed by atoms with Crippen LogP contribution in [0.5, 0.6) is 0 Å². The fourth-order valence-electron chi connectivity index (χ4n) is 1.30. The van der Waals surface area contributed by atoms with Crippen LogP contribution in [0.25, 0.3) is 0 Å². The lowest BCUT2D eigenvalue weighted by Crippen LogP contribution is -2.18. The van der Waals surface area contributed by atoms with Crippen LogP contribution in [0.1, 0.15) is 18.4 Å². The van der Waals surface area contributed by atoms with E-state index in [0.29, 0.717) is 6.04 Å². The fourth-order valence-corrected chi connectivity index (χ4v) is 2.06. The Hall–Kier alpha value is -0.940. The summed E-state index contributed by atoms with van der Waals surface area (Å²) in [6, 6.07) is 2.38. The Morgan fingerprint density at radius 1 is 1.64 bits per heavy atom. The molecule has 5 heteroatoms. The van der Waals surface area contributed by atoms with Crippen molar-refractivity contribution in [3.63, 3.8) is 0 Å². The van der Waals surface area contributed by atoms with Crippen molar-refractivity contribution in [1.82, 2.24) is 5.32 Å². The maximum atomic E-state index is 10.4. The summed E-state index contributed by atoms with van der Waals surface area (Å²) in [5.74, 6) is 0. The van der Waals surface area contributed by atoms with Gasteiger partial charge in [-0.25, -0.2) is 0 Å². The molecular formula is C9H12N2O2S. The molecule has 1 fully saturated rings. The van der Waals surface area contributed by atoms with Gasteiger partial charge in [0.2, 0.25) is 0 Å². The maximum absolute atomic E-state index is 10.4. The second kappa shape index (κ2) is 4.06. The average Bonchev–Trinajstić information content (AvgIpc) is 2.82. The first-order chi connectivity index (χ1) is 6.75. The fraction of sp³-hybridized carbons (Fsp3) is 0.556. The Balaban J connectivity index is 1.79. The Kier molecular flexibility index (Phi) is 2.79. The lowest BCUT2D eigenvalue weighted by molar-refractivity contribution is -0.380. The molecule has 0 aromatic carbocycles. The molecule has 1 heterocycles. The van der Waals surface area contributed by atoms with Gasteiger partial charge in [0.1, 0.15) is 0 Å². The third-order valence-corrected chi connectivity index (χ3v) is 3.17. The highest BCUT2D eigenvalue weighted by molar-refractivity contribution is 7.13. The van der Waals surface area contributed by atoms with E-state index in [4.69, 9.17) is 0 Å². The molecule has 1 aromatic heterocycles. The smallest absolute Gasteiger partial charge is 0.314 e. The van der Waals surface area contributed by atoms with Gasteiger partial charge in [-0.15, -0.1) is 0 Å². The third kappa shape index (κ3) is 2.52. The van der Waals surface area contributed by atoms with E-state index >= 15 is 0 Å². The summed E-state index contributed by atoms with van der Waals surface area (Å²) in [5, 5.41) is 15.9. The van der Waals surface area contributed by atoms with Gasteiger partial charge < -0.3 is 5.32 Å². The highest BCUT2D eigenvalue weighted by Crippen LogP contribution is 2.23. The predicted molar refractivity (Wildman–Crippen MR) is 55.7 cm³/mol. The van der Waals surface area contributed by atoms with E-state index in [-0.39, 0.29) is 9.92 Å². The Morgan fingerprint density at radius 2 is 2.43 bits per heavy atom. The molecule has 0 spiro atoms. The van der Waals surface area contributed by atoms with Crippen molar-refractivity contribution in [2.45, 2.75) is 25.3 Å². The molecule has 0 atom stereocenters. The van der Waals surface area contributed by atoms with Crippen LogP contribution in [0.15, 0.2) is 11.4 Å². The minimum atomic E-state index is -0.331. The number of nitrogens with zero attached hydrogens (tertiary/aromatic N) is 1. The van der Waals surface area contributed by atoms with E-state index in [2.05, 4.69) is 5.32 Å². The zero-order chi connectivity index (χ0) is 9.97. The average molecular weight is 212 g/mol. The predicted octanol–water partition coefficient (Wildman–Crippen LogP) is 1.95. The largest absolute Gasteiger partial charge is 0.324 e. The minimum Gasteiger partial charge on any atom is -0.314 e. The van der Waals surface area contributed by atoms with E-state index in [9.17, 15) is 10.1 Å². The van der Waals surface area contributed by atoms with Crippen molar-refractivity contribution in [2.75, 3.05) is 6.54 Å². The molecule has 0 aliphatic heterocycles. The molecule has 1 aliphatic rings. The van der Waals surface area contributed by atoms with Gasteiger partial charge in [-0.05, 0) is 31.4 Å². The summed E-state index contributed by atoms with van der Waals surface area (Å²) in [6.07, 6.45) is 3.45. The van der Waals surface area contributed by atoms with Crippen LogP contribution in [0, 0.1) is 10.1 Å².